The van der Waals surface area contributed by atoms with Gasteiger partial charge in [-0.05, 0) is 59.7 Å². The molecule has 0 saturated carbocycles. The molecule has 1 N–H and O–H groups in total. The molecule has 1 aromatic carbocycles. The zero-order chi connectivity index (χ0) is 21.3. The monoisotopic (exact) mass is 429 g/mol. The van der Waals surface area contributed by atoms with Crippen molar-refractivity contribution >= 4 is 29.2 Å². The number of aromatic nitrogens is 1. The lowest BCUT2D eigenvalue weighted by atomic mass is 10.1. The van der Waals surface area contributed by atoms with Crippen molar-refractivity contribution in [1.29, 1.82) is 0 Å². The first-order valence-electron chi connectivity index (χ1n) is 9.24. The number of rotatable bonds is 2. The number of hydrogen-bond donors (Lipinski definition) is 1. The Bertz CT molecular complexity index is 1070. The number of anilines is 2. The zero-order valence-corrected chi connectivity index (χ0v) is 16.8. The van der Waals surface area contributed by atoms with E-state index in [1.807, 2.05) is 0 Å². The van der Waals surface area contributed by atoms with Crippen LogP contribution < -0.4 is 10.2 Å². The fraction of sp³-hybridized carbons (Fsp3) is 0.182. The first-order chi connectivity index (χ1) is 14.4. The minimum absolute atomic E-state index is 0.178. The first-order valence-corrected chi connectivity index (χ1v) is 10.5. The summed E-state index contributed by atoms with van der Waals surface area (Å²) in [7, 11) is 0. The van der Waals surface area contributed by atoms with Crippen molar-refractivity contribution < 1.29 is 18.0 Å². The minimum atomic E-state index is -4.46. The van der Waals surface area contributed by atoms with Gasteiger partial charge in [0, 0.05) is 35.2 Å². The van der Waals surface area contributed by atoms with E-state index in [-0.39, 0.29) is 4.90 Å². The molecular formula is C22H18F3N3OS. The molecule has 30 heavy (non-hydrogen) atoms. The number of carbonyl (C=O) groups is 1. The van der Waals surface area contributed by atoms with Crippen LogP contribution in [0.25, 0.3) is 11.1 Å². The maximum absolute atomic E-state index is 13.2. The number of alkyl halides is 3. The van der Waals surface area contributed by atoms with Gasteiger partial charge in [-0.25, -0.2) is 4.79 Å². The maximum atomic E-state index is 13.2. The van der Waals surface area contributed by atoms with Crippen LogP contribution >= 0.6 is 11.8 Å². The summed E-state index contributed by atoms with van der Waals surface area (Å²) in [5.41, 5.74) is 3.74. The van der Waals surface area contributed by atoms with Gasteiger partial charge in [-0.3, -0.25) is 9.88 Å². The van der Waals surface area contributed by atoms with Gasteiger partial charge < -0.3 is 5.32 Å². The van der Waals surface area contributed by atoms with Crippen molar-refractivity contribution in [1.82, 2.24) is 4.98 Å². The standard InChI is InChI=1S/C16H14F3N3OS.C6H4/c1-24-14-8-10-4-7-22(13(10)9-12(14)16(17,18)19)15(23)21-11-2-5-20-6-3-11;1-2-5-4-6(5)3-1/h2-3,5-6,8-9H,4,7H2,1H3,(H,20,21,23);1-4H. The van der Waals surface area contributed by atoms with E-state index >= 15 is 0 Å². The van der Waals surface area contributed by atoms with Gasteiger partial charge in [0.2, 0.25) is 0 Å². The van der Waals surface area contributed by atoms with Crippen molar-refractivity contribution in [3.63, 3.8) is 0 Å². The number of urea groups is 1. The summed E-state index contributed by atoms with van der Waals surface area (Å²) in [5.74, 6) is 0. The molecule has 0 radical (unpaired) electrons. The number of amides is 2. The van der Waals surface area contributed by atoms with Crippen molar-refractivity contribution in [2.24, 2.45) is 0 Å². The summed E-state index contributed by atoms with van der Waals surface area (Å²) in [4.78, 5) is 17.8. The third kappa shape index (κ3) is 4.28. The lowest BCUT2D eigenvalue weighted by molar-refractivity contribution is -0.139. The number of thioether (sulfide) groups is 1. The summed E-state index contributed by atoms with van der Waals surface area (Å²) >= 11 is 1.05. The number of halogens is 3. The largest absolute Gasteiger partial charge is 0.417 e. The van der Waals surface area contributed by atoms with Crippen LogP contribution in [0.2, 0.25) is 0 Å². The molecule has 0 bridgehead atoms. The highest BCUT2D eigenvalue weighted by atomic mass is 32.2. The lowest BCUT2D eigenvalue weighted by Gasteiger charge is -2.20. The second-order valence-electron chi connectivity index (χ2n) is 6.83. The normalized spacial score (nSPS) is 13.3. The van der Waals surface area contributed by atoms with Crippen molar-refractivity contribution in [3.8, 4) is 11.1 Å². The Hall–Kier alpha value is -3.00. The summed E-state index contributed by atoms with van der Waals surface area (Å²) < 4.78 is 39.7. The zero-order valence-electron chi connectivity index (χ0n) is 16.0. The molecule has 1 aromatic heterocycles. The van der Waals surface area contributed by atoms with Crippen LogP contribution in [0.3, 0.4) is 0 Å². The molecule has 8 heteroatoms. The van der Waals surface area contributed by atoms with Crippen LogP contribution in [0.4, 0.5) is 29.3 Å². The Morgan fingerprint density at radius 3 is 2.33 bits per heavy atom. The lowest BCUT2D eigenvalue weighted by Crippen LogP contribution is -2.33. The van der Waals surface area contributed by atoms with Crippen LogP contribution in [0, 0.1) is 0 Å². The van der Waals surface area contributed by atoms with E-state index in [0.717, 1.165) is 23.4 Å². The molecule has 0 unspecified atom stereocenters. The van der Waals surface area contributed by atoms with Crippen LogP contribution in [-0.2, 0) is 12.6 Å². The van der Waals surface area contributed by atoms with E-state index < -0.39 is 17.8 Å². The molecule has 4 nitrogen and oxygen atoms in total. The van der Waals surface area contributed by atoms with Gasteiger partial charge in [0.05, 0.1) is 5.56 Å². The molecular weight excluding hydrogens is 411 g/mol. The SMILES string of the molecule is CSc1cc2c(cc1C(F)(F)F)N(C(=O)Nc1ccncc1)CC2.c1cc2cc-2c1. The van der Waals surface area contributed by atoms with Gasteiger partial charge >= 0.3 is 12.2 Å². The molecule has 5 rings (SSSR count). The molecule has 2 amide bonds. The number of nitrogens with zero attached hydrogens (tertiary/aromatic N) is 2. The summed E-state index contributed by atoms with van der Waals surface area (Å²) in [6, 6.07) is 13.9. The van der Waals surface area contributed by atoms with E-state index in [4.69, 9.17) is 0 Å². The van der Waals surface area contributed by atoms with E-state index in [1.165, 1.54) is 34.5 Å². The number of pyridine rings is 1. The summed E-state index contributed by atoms with van der Waals surface area (Å²) in [6.07, 6.45) is 0.744. The minimum Gasteiger partial charge on any atom is -0.307 e. The molecule has 0 atom stereocenters. The molecule has 154 valence electrons. The number of hydrogen-bond acceptors (Lipinski definition) is 3. The van der Waals surface area contributed by atoms with Gasteiger partial charge in [-0.15, -0.1) is 11.8 Å². The molecule has 2 aliphatic carbocycles. The Balaban J connectivity index is 0.000000305. The highest BCUT2D eigenvalue weighted by molar-refractivity contribution is 7.98. The average Bonchev–Trinajstić information content (AvgIpc) is 3.12. The van der Waals surface area contributed by atoms with Gasteiger partial charge in [-0.1, -0.05) is 18.2 Å². The van der Waals surface area contributed by atoms with E-state index in [1.54, 1.807) is 18.4 Å². The predicted octanol–water partition coefficient (Wildman–Crippen LogP) is 6.08. The second-order valence-corrected chi connectivity index (χ2v) is 7.68. The number of nitrogens with one attached hydrogen (secondary N) is 1. The third-order valence-corrected chi connectivity index (χ3v) is 5.67. The predicted molar refractivity (Wildman–Crippen MR) is 113 cm³/mol. The van der Waals surface area contributed by atoms with Gasteiger partial charge in [-0.2, -0.15) is 13.2 Å². The topological polar surface area (TPSA) is 45.2 Å². The number of fused-ring (bicyclic) bond motifs is 2. The van der Waals surface area contributed by atoms with Crippen LogP contribution in [0.1, 0.15) is 11.1 Å². The molecule has 0 spiro atoms. The fourth-order valence-electron chi connectivity index (χ4n) is 3.32. The highest BCUT2D eigenvalue weighted by Crippen LogP contribution is 2.42. The van der Waals surface area contributed by atoms with Gasteiger partial charge in [0.15, 0.2) is 0 Å². The van der Waals surface area contributed by atoms with Crippen molar-refractivity contribution in [3.05, 3.63) is 72.1 Å². The number of carbonyl (C=O) groups excluding carboxylic acids is 1. The first kappa shape index (κ1) is 20.3. The van der Waals surface area contributed by atoms with Gasteiger partial charge in [0.1, 0.15) is 0 Å². The second kappa shape index (κ2) is 8.02. The van der Waals surface area contributed by atoms with Gasteiger partial charge in [0.25, 0.3) is 0 Å². The Kier molecular flexibility index (Phi) is 5.42. The molecule has 2 heterocycles. The van der Waals surface area contributed by atoms with E-state index in [0.29, 0.717) is 24.3 Å². The Morgan fingerprint density at radius 1 is 1.10 bits per heavy atom. The molecule has 0 fully saturated rings. The third-order valence-electron chi connectivity index (χ3n) is 4.89. The van der Waals surface area contributed by atoms with E-state index in [9.17, 15) is 18.0 Å². The molecule has 3 aliphatic rings. The van der Waals surface area contributed by atoms with Crippen molar-refractivity contribution in [2.75, 3.05) is 23.0 Å². The van der Waals surface area contributed by atoms with Crippen LogP contribution in [-0.4, -0.2) is 23.8 Å². The Labute approximate surface area is 176 Å². The quantitative estimate of drug-likeness (QED) is 0.393. The molecule has 1 aliphatic heterocycles. The smallest absolute Gasteiger partial charge is 0.307 e. The Morgan fingerprint density at radius 2 is 1.80 bits per heavy atom. The average molecular weight is 429 g/mol. The van der Waals surface area contributed by atoms with Crippen molar-refractivity contribution in [2.45, 2.75) is 17.5 Å². The van der Waals surface area contributed by atoms with Crippen LogP contribution in [0.15, 0.2) is 65.8 Å². The summed E-state index contributed by atoms with van der Waals surface area (Å²) in [5, 5.41) is 2.67. The van der Waals surface area contributed by atoms with Crippen LogP contribution in [0.5, 0.6) is 0 Å². The highest BCUT2D eigenvalue weighted by Gasteiger charge is 2.36. The van der Waals surface area contributed by atoms with E-state index in [2.05, 4.69) is 34.6 Å². The molecule has 2 aromatic rings. The molecule has 0 saturated heterocycles. The number of benzene rings is 2. The maximum Gasteiger partial charge on any atom is 0.417 e. The fourth-order valence-corrected chi connectivity index (χ4v) is 3.97. The summed E-state index contributed by atoms with van der Waals surface area (Å²) in [6.45, 7) is 0.349.